The van der Waals surface area contributed by atoms with E-state index < -0.39 is 0 Å². The minimum atomic E-state index is -0.302. The summed E-state index contributed by atoms with van der Waals surface area (Å²) in [6, 6.07) is 5.78. The van der Waals surface area contributed by atoms with Gasteiger partial charge < -0.3 is 15.2 Å². The zero-order valence-electron chi connectivity index (χ0n) is 12.6. The molecular formula is C16H23FN2O3. The lowest BCUT2D eigenvalue weighted by atomic mass is 9.99. The predicted octanol–water partition coefficient (Wildman–Crippen LogP) is 1.03. The van der Waals surface area contributed by atoms with Crippen LogP contribution in [0.25, 0.3) is 0 Å². The highest BCUT2D eigenvalue weighted by molar-refractivity contribution is 5.78. The smallest absolute Gasteiger partial charge is 0.234 e. The van der Waals surface area contributed by atoms with Crippen molar-refractivity contribution in [3.63, 3.8) is 0 Å². The van der Waals surface area contributed by atoms with Gasteiger partial charge in [-0.1, -0.05) is 0 Å². The van der Waals surface area contributed by atoms with Gasteiger partial charge >= 0.3 is 0 Å². The van der Waals surface area contributed by atoms with Crippen molar-refractivity contribution in [2.75, 3.05) is 39.4 Å². The molecule has 2 N–H and O–H groups in total. The van der Waals surface area contributed by atoms with Gasteiger partial charge in [0.1, 0.15) is 18.2 Å². The molecule has 5 nitrogen and oxygen atoms in total. The van der Waals surface area contributed by atoms with Crippen LogP contribution in [-0.2, 0) is 4.79 Å². The zero-order valence-corrected chi connectivity index (χ0v) is 12.6. The second-order valence-electron chi connectivity index (χ2n) is 5.58. The zero-order chi connectivity index (χ0) is 15.8. The summed E-state index contributed by atoms with van der Waals surface area (Å²) in [5, 5.41) is 12.0. The molecule has 1 saturated heterocycles. The number of amides is 1. The van der Waals surface area contributed by atoms with E-state index in [2.05, 4.69) is 10.2 Å². The SMILES string of the molecule is O=C(CN1CCC[C@H](CO)C1)NCCOc1ccc(F)cc1. The fourth-order valence-corrected chi connectivity index (χ4v) is 2.59. The number of likely N-dealkylation sites (tertiary alicyclic amines) is 1. The summed E-state index contributed by atoms with van der Waals surface area (Å²) in [6.45, 7) is 2.97. The van der Waals surface area contributed by atoms with E-state index in [1.54, 1.807) is 12.1 Å². The third-order valence-corrected chi connectivity index (χ3v) is 3.74. The summed E-state index contributed by atoms with van der Waals surface area (Å²) >= 11 is 0. The Labute approximate surface area is 130 Å². The minimum absolute atomic E-state index is 0.0405. The monoisotopic (exact) mass is 310 g/mol. The third-order valence-electron chi connectivity index (χ3n) is 3.74. The summed E-state index contributed by atoms with van der Waals surface area (Å²) in [7, 11) is 0. The molecule has 1 aromatic carbocycles. The Morgan fingerprint density at radius 3 is 2.91 bits per heavy atom. The lowest BCUT2D eigenvalue weighted by Gasteiger charge is -2.31. The Kier molecular flexibility index (Phi) is 6.61. The number of piperidine rings is 1. The maximum absolute atomic E-state index is 12.7. The molecule has 0 saturated carbocycles. The van der Waals surface area contributed by atoms with Gasteiger partial charge in [0.2, 0.25) is 5.91 Å². The van der Waals surface area contributed by atoms with E-state index in [0.29, 0.717) is 25.4 Å². The maximum Gasteiger partial charge on any atom is 0.234 e. The molecule has 1 heterocycles. The van der Waals surface area contributed by atoms with Gasteiger partial charge in [0, 0.05) is 13.2 Å². The van der Waals surface area contributed by atoms with Crippen molar-refractivity contribution in [2.24, 2.45) is 5.92 Å². The van der Waals surface area contributed by atoms with Gasteiger partial charge in [-0.2, -0.15) is 0 Å². The number of aliphatic hydroxyl groups is 1. The molecule has 1 atom stereocenters. The molecule has 1 aromatic rings. The molecule has 22 heavy (non-hydrogen) atoms. The van der Waals surface area contributed by atoms with Crippen molar-refractivity contribution in [2.45, 2.75) is 12.8 Å². The van der Waals surface area contributed by atoms with E-state index in [-0.39, 0.29) is 24.2 Å². The van der Waals surface area contributed by atoms with Gasteiger partial charge in [0.05, 0.1) is 13.1 Å². The van der Waals surface area contributed by atoms with Crippen LogP contribution < -0.4 is 10.1 Å². The van der Waals surface area contributed by atoms with Gasteiger partial charge in [-0.25, -0.2) is 4.39 Å². The van der Waals surface area contributed by atoms with Gasteiger partial charge in [0.15, 0.2) is 0 Å². The van der Waals surface area contributed by atoms with Crippen LogP contribution in [0.2, 0.25) is 0 Å². The van der Waals surface area contributed by atoms with Gasteiger partial charge in [-0.05, 0) is 49.6 Å². The number of benzene rings is 1. The number of halogens is 1. The molecule has 0 bridgehead atoms. The molecule has 6 heteroatoms. The first-order valence-electron chi connectivity index (χ1n) is 7.65. The Hall–Kier alpha value is -1.66. The van der Waals surface area contributed by atoms with Crippen molar-refractivity contribution in [3.8, 4) is 5.75 Å². The third kappa shape index (κ3) is 5.61. The van der Waals surface area contributed by atoms with E-state index in [1.807, 2.05) is 0 Å². The molecule has 0 radical (unpaired) electrons. The van der Waals surface area contributed by atoms with Crippen molar-refractivity contribution in [3.05, 3.63) is 30.1 Å². The number of hydrogen-bond donors (Lipinski definition) is 2. The highest BCUT2D eigenvalue weighted by Gasteiger charge is 2.20. The van der Waals surface area contributed by atoms with Crippen LogP contribution in [0.1, 0.15) is 12.8 Å². The van der Waals surface area contributed by atoms with Gasteiger partial charge in [0.25, 0.3) is 0 Å². The Balaban J connectivity index is 1.60. The molecule has 1 aliphatic heterocycles. The molecule has 0 aliphatic carbocycles. The van der Waals surface area contributed by atoms with Crippen LogP contribution >= 0.6 is 0 Å². The molecule has 2 rings (SSSR count). The fourth-order valence-electron chi connectivity index (χ4n) is 2.59. The first-order valence-corrected chi connectivity index (χ1v) is 7.65. The molecule has 0 unspecified atom stereocenters. The van der Waals surface area contributed by atoms with Crippen molar-refractivity contribution < 1.29 is 19.0 Å². The molecule has 0 spiro atoms. The number of carbonyl (C=O) groups is 1. The number of nitrogens with zero attached hydrogens (tertiary/aromatic N) is 1. The van der Waals surface area contributed by atoms with Crippen LogP contribution in [0.15, 0.2) is 24.3 Å². The predicted molar refractivity (Wildman–Crippen MR) is 81.2 cm³/mol. The van der Waals surface area contributed by atoms with Crippen molar-refractivity contribution in [1.29, 1.82) is 0 Å². The number of aliphatic hydroxyl groups excluding tert-OH is 1. The lowest BCUT2D eigenvalue weighted by molar-refractivity contribution is -0.122. The van der Waals surface area contributed by atoms with Gasteiger partial charge in [-0.3, -0.25) is 9.69 Å². The normalized spacial score (nSPS) is 18.9. The first kappa shape index (κ1) is 16.7. The number of hydrogen-bond acceptors (Lipinski definition) is 4. The standard InChI is InChI=1S/C16H23FN2O3/c17-14-3-5-15(6-4-14)22-9-7-18-16(21)11-19-8-1-2-13(10-19)12-20/h3-6,13,20H,1-2,7-12H2,(H,18,21)/t13-/m0/s1. The van der Waals surface area contributed by atoms with Crippen molar-refractivity contribution >= 4 is 5.91 Å². The highest BCUT2D eigenvalue weighted by Crippen LogP contribution is 2.15. The topological polar surface area (TPSA) is 61.8 Å². The van der Waals surface area contributed by atoms with Crippen LogP contribution in [0.3, 0.4) is 0 Å². The second kappa shape index (κ2) is 8.70. The van der Waals surface area contributed by atoms with E-state index in [9.17, 15) is 14.3 Å². The first-order chi connectivity index (χ1) is 10.7. The summed E-state index contributed by atoms with van der Waals surface area (Å²) < 4.78 is 18.1. The van der Waals surface area contributed by atoms with Crippen LogP contribution in [0.5, 0.6) is 5.75 Å². The summed E-state index contributed by atoms with van der Waals surface area (Å²) in [6.07, 6.45) is 2.05. The number of ether oxygens (including phenoxy) is 1. The summed E-state index contributed by atoms with van der Waals surface area (Å²) in [4.78, 5) is 13.9. The van der Waals surface area contributed by atoms with Gasteiger partial charge in [-0.15, -0.1) is 0 Å². The number of rotatable bonds is 7. The van der Waals surface area contributed by atoms with E-state index in [4.69, 9.17) is 4.74 Å². The molecule has 1 amide bonds. The molecule has 122 valence electrons. The molecular weight excluding hydrogens is 287 g/mol. The summed E-state index contributed by atoms with van der Waals surface area (Å²) in [5.41, 5.74) is 0. The highest BCUT2D eigenvalue weighted by atomic mass is 19.1. The molecule has 0 aromatic heterocycles. The van der Waals surface area contributed by atoms with Crippen molar-refractivity contribution in [1.82, 2.24) is 10.2 Å². The quantitative estimate of drug-likeness (QED) is 0.738. The van der Waals surface area contributed by atoms with Crippen LogP contribution in [0.4, 0.5) is 4.39 Å². The van der Waals surface area contributed by atoms with E-state index in [1.165, 1.54) is 12.1 Å². The number of carbonyl (C=O) groups excluding carboxylic acids is 1. The second-order valence-corrected chi connectivity index (χ2v) is 5.58. The Morgan fingerprint density at radius 1 is 1.41 bits per heavy atom. The maximum atomic E-state index is 12.7. The number of nitrogens with one attached hydrogen (secondary N) is 1. The van der Waals surface area contributed by atoms with Crippen LogP contribution in [0, 0.1) is 11.7 Å². The fraction of sp³-hybridized carbons (Fsp3) is 0.562. The summed E-state index contributed by atoms with van der Waals surface area (Å²) in [5.74, 6) is 0.519. The average molecular weight is 310 g/mol. The van der Waals surface area contributed by atoms with E-state index >= 15 is 0 Å². The molecule has 1 aliphatic rings. The Morgan fingerprint density at radius 2 is 2.18 bits per heavy atom. The average Bonchev–Trinajstić information content (AvgIpc) is 2.53. The lowest BCUT2D eigenvalue weighted by Crippen LogP contribution is -2.43. The largest absolute Gasteiger partial charge is 0.492 e. The Bertz CT molecular complexity index is 467. The van der Waals surface area contributed by atoms with E-state index in [0.717, 1.165) is 25.9 Å². The molecule has 1 fully saturated rings. The van der Waals surface area contributed by atoms with Crippen LogP contribution in [-0.4, -0.2) is 55.3 Å². The minimum Gasteiger partial charge on any atom is -0.492 e.